The van der Waals surface area contributed by atoms with Gasteiger partial charge in [-0.2, -0.15) is 0 Å². The third kappa shape index (κ3) is 3.87. The summed E-state index contributed by atoms with van der Waals surface area (Å²) in [5, 5.41) is 3.12. The van der Waals surface area contributed by atoms with Crippen LogP contribution >= 0.6 is 0 Å². The van der Waals surface area contributed by atoms with Crippen molar-refractivity contribution in [1.29, 1.82) is 0 Å². The summed E-state index contributed by atoms with van der Waals surface area (Å²) in [4.78, 5) is 16.4. The highest BCUT2D eigenvalue weighted by Gasteiger charge is 2.20. The van der Waals surface area contributed by atoms with E-state index >= 15 is 0 Å². The molecule has 2 rings (SSSR count). The maximum absolute atomic E-state index is 12.0. The Kier molecular flexibility index (Phi) is 5.29. The molecule has 2 amide bonds. The van der Waals surface area contributed by atoms with Crippen LogP contribution in [0.1, 0.15) is 39.0 Å². The lowest BCUT2D eigenvalue weighted by Gasteiger charge is -2.32. The van der Waals surface area contributed by atoms with Crippen LogP contribution in [0.2, 0.25) is 0 Å². The van der Waals surface area contributed by atoms with Crippen molar-refractivity contribution >= 4 is 6.03 Å². The Morgan fingerprint density at radius 1 is 1.11 bits per heavy atom. The molecule has 0 saturated carbocycles. The van der Waals surface area contributed by atoms with Crippen molar-refractivity contribution in [3.63, 3.8) is 0 Å². The maximum atomic E-state index is 12.0. The van der Waals surface area contributed by atoms with Gasteiger partial charge in [0.1, 0.15) is 0 Å². The molecule has 0 atom stereocenters. The first kappa shape index (κ1) is 13.7. The SMILES string of the molecule is CCN1CCC(CNC(=O)N2CCCCC2)CC1. The van der Waals surface area contributed by atoms with E-state index in [0.717, 1.165) is 26.2 Å². The molecular weight excluding hydrogens is 226 g/mol. The average molecular weight is 253 g/mol. The molecule has 0 aromatic heterocycles. The van der Waals surface area contributed by atoms with E-state index in [4.69, 9.17) is 0 Å². The fraction of sp³-hybridized carbons (Fsp3) is 0.929. The Morgan fingerprint density at radius 3 is 2.39 bits per heavy atom. The van der Waals surface area contributed by atoms with Crippen molar-refractivity contribution in [2.24, 2.45) is 5.92 Å². The molecule has 2 aliphatic heterocycles. The summed E-state index contributed by atoms with van der Waals surface area (Å²) in [6.07, 6.45) is 6.08. The minimum atomic E-state index is 0.160. The molecule has 0 aromatic carbocycles. The normalized spacial score (nSPS) is 23.1. The lowest BCUT2D eigenvalue weighted by atomic mass is 9.97. The Labute approximate surface area is 111 Å². The summed E-state index contributed by atoms with van der Waals surface area (Å²) >= 11 is 0. The smallest absolute Gasteiger partial charge is 0.317 e. The zero-order valence-corrected chi connectivity index (χ0v) is 11.7. The maximum Gasteiger partial charge on any atom is 0.317 e. The highest BCUT2D eigenvalue weighted by Crippen LogP contribution is 2.16. The number of carbonyl (C=O) groups excluding carboxylic acids is 1. The van der Waals surface area contributed by atoms with Crippen LogP contribution in [-0.2, 0) is 0 Å². The standard InChI is InChI=1S/C14H27N3O/c1-2-16-10-6-13(7-11-16)12-15-14(18)17-8-4-3-5-9-17/h13H,2-12H2,1H3,(H,15,18). The second-order valence-corrected chi connectivity index (χ2v) is 5.61. The van der Waals surface area contributed by atoms with Crippen molar-refractivity contribution in [3.05, 3.63) is 0 Å². The van der Waals surface area contributed by atoms with Gasteiger partial charge in [0.25, 0.3) is 0 Å². The van der Waals surface area contributed by atoms with Gasteiger partial charge in [0, 0.05) is 19.6 Å². The molecule has 0 radical (unpaired) electrons. The molecule has 1 N–H and O–H groups in total. The molecule has 2 aliphatic rings. The number of hydrogen-bond acceptors (Lipinski definition) is 2. The zero-order chi connectivity index (χ0) is 12.8. The molecule has 4 nitrogen and oxygen atoms in total. The van der Waals surface area contributed by atoms with Crippen molar-refractivity contribution in [1.82, 2.24) is 15.1 Å². The summed E-state index contributed by atoms with van der Waals surface area (Å²) in [5.74, 6) is 0.682. The zero-order valence-electron chi connectivity index (χ0n) is 11.7. The Morgan fingerprint density at radius 2 is 1.78 bits per heavy atom. The van der Waals surface area contributed by atoms with E-state index in [9.17, 15) is 4.79 Å². The molecular formula is C14H27N3O. The topological polar surface area (TPSA) is 35.6 Å². The Balaban J connectivity index is 1.63. The molecule has 2 heterocycles. The van der Waals surface area contributed by atoms with E-state index in [2.05, 4.69) is 17.1 Å². The van der Waals surface area contributed by atoms with E-state index in [1.165, 1.54) is 45.2 Å². The second-order valence-electron chi connectivity index (χ2n) is 5.61. The first-order valence-corrected chi connectivity index (χ1v) is 7.54. The average Bonchev–Trinajstić information content (AvgIpc) is 2.46. The number of rotatable bonds is 3. The van der Waals surface area contributed by atoms with Crippen LogP contribution in [0.4, 0.5) is 4.79 Å². The lowest BCUT2D eigenvalue weighted by Crippen LogP contribution is -2.45. The van der Waals surface area contributed by atoms with Crippen LogP contribution < -0.4 is 5.32 Å². The Hall–Kier alpha value is -0.770. The van der Waals surface area contributed by atoms with Crippen LogP contribution in [0, 0.1) is 5.92 Å². The van der Waals surface area contributed by atoms with Crippen molar-refractivity contribution < 1.29 is 4.79 Å². The minimum absolute atomic E-state index is 0.160. The highest BCUT2D eigenvalue weighted by atomic mass is 16.2. The molecule has 0 unspecified atom stereocenters. The summed E-state index contributed by atoms with van der Waals surface area (Å²) < 4.78 is 0. The first-order valence-electron chi connectivity index (χ1n) is 7.54. The van der Waals surface area contributed by atoms with Gasteiger partial charge in [-0.15, -0.1) is 0 Å². The largest absolute Gasteiger partial charge is 0.338 e. The molecule has 0 aromatic rings. The van der Waals surface area contributed by atoms with Gasteiger partial charge >= 0.3 is 6.03 Å². The van der Waals surface area contributed by atoms with Gasteiger partial charge < -0.3 is 15.1 Å². The van der Waals surface area contributed by atoms with Crippen molar-refractivity contribution in [2.75, 3.05) is 39.3 Å². The molecule has 18 heavy (non-hydrogen) atoms. The molecule has 0 aliphatic carbocycles. The van der Waals surface area contributed by atoms with E-state index < -0.39 is 0 Å². The van der Waals surface area contributed by atoms with Crippen LogP contribution in [0.15, 0.2) is 0 Å². The van der Waals surface area contributed by atoms with Gasteiger partial charge in [-0.1, -0.05) is 6.92 Å². The van der Waals surface area contributed by atoms with Gasteiger partial charge in [0.05, 0.1) is 0 Å². The van der Waals surface area contributed by atoms with Crippen LogP contribution in [0.5, 0.6) is 0 Å². The third-order valence-corrected chi connectivity index (χ3v) is 4.34. The van der Waals surface area contributed by atoms with E-state index in [1.54, 1.807) is 0 Å². The minimum Gasteiger partial charge on any atom is -0.338 e. The number of piperidine rings is 2. The number of likely N-dealkylation sites (tertiary alicyclic amines) is 2. The summed E-state index contributed by atoms with van der Waals surface area (Å²) in [7, 11) is 0. The number of nitrogens with zero attached hydrogens (tertiary/aromatic N) is 2. The number of amides is 2. The highest BCUT2D eigenvalue weighted by molar-refractivity contribution is 5.74. The van der Waals surface area contributed by atoms with E-state index in [1.807, 2.05) is 4.90 Å². The molecule has 0 spiro atoms. The van der Waals surface area contributed by atoms with Crippen LogP contribution in [0.25, 0.3) is 0 Å². The van der Waals surface area contributed by atoms with Crippen molar-refractivity contribution in [3.8, 4) is 0 Å². The van der Waals surface area contributed by atoms with E-state index in [-0.39, 0.29) is 6.03 Å². The summed E-state index contributed by atoms with van der Waals surface area (Å²) in [6, 6.07) is 0.160. The van der Waals surface area contributed by atoms with Crippen LogP contribution in [-0.4, -0.2) is 55.1 Å². The van der Waals surface area contributed by atoms with Gasteiger partial charge in [0.15, 0.2) is 0 Å². The predicted octanol–water partition coefficient (Wildman–Crippen LogP) is 1.91. The second kappa shape index (κ2) is 6.98. The van der Waals surface area contributed by atoms with Gasteiger partial charge in [-0.3, -0.25) is 0 Å². The monoisotopic (exact) mass is 253 g/mol. The van der Waals surface area contributed by atoms with Gasteiger partial charge in [-0.25, -0.2) is 4.79 Å². The van der Waals surface area contributed by atoms with Crippen molar-refractivity contribution in [2.45, 2.75) is 39.0 Å². The van der Waals surface area contributed by atoms with E-state index in [0.29, 0.717) is 5.92 Å². The number of nitrogens with one attached hydrogen (secondary N) is 1. The van der Waals surface area contributed by atoms with Gasteiger partial charge in [0.2, 0.25) is 0 Å². The fourth-order valence-electron chi connectivity index (χ4n) is 2.95. The molecule has 4 heteroatoms. The molecule has 2 saturated heterocycles. The molecule has 0 bridgehead atoms. The fourth-order valence-corrected chi connectivity index (χ4v) is 2.95. The lowest BCUT2D eigenvalue weighted by molar-refractivity contribution is 0.171. The Bertz CT molecular complexity index is 256. The quantitative estimate of drug-likeness (QED) is 0.834. The third-order valence-electron chi connectivity index (χ3n) is 4.34. The summed E-state index contributed by atoms with van der Waals surface area (Å²) in [6.45, 7) is 8.53. The summed E-state index contributed by atoms with van der Waals surface area (Å²) in [5.41, 5.74) is 0. The number of carbonyl (C=O) groups is 1. The number of urea groups is 1. The molecule has 104 valence electrons. The number of hydrogen-bond donors (Lipinski definition) is 1. The van der Waals surface area contributed by atoms with Crippen LogP contribution in [0.3, 0.4) is 0 Å². The van der Waals surface area contributed by atoms with Gasteiger partial charge in [-0.05, 0) is 57.7 Å². The first-order chi connectivity index (χ1) is 8.79. The molecule has 2 fully saturated rings. The predicted molar refractivity (Wildman–Crippen MR) is 73.7 cm³/mol.